The van der Waals surface area contributed by atoms with Gasteiger partial charge in [0.15, 0.2) is 0 Å². The van der Waals surface area contributed by atoms with Crippen LogP contribution in [0.2, 0.25) is 0 Å². The Hall–Kier alpha value is -2.30. The Labute approximate surface area is 119 Å². The van der Waals surface area contributed by atoms with Gasteiger partial charge >= 0.3 is 0 Å². The van der Waals surface area contributed by atoms with Gasteiger partial charge in [-0.25, -0.2) is 4.98 Å². The lowest BCUT2D eigenvalue weighted by Gasteiger charge is -2.11. The molecule has 0 bridgehead atoms. The van der Waals surface area contributed by atoms with E-state index in [1.54, 1.807) is 13.2 Å². The summed E-state index contributed by atoms with van der Waals surface area (Å²) in [6.07, 6.45) is 1.79. The van der Waals surface area contributed by atoms with Crippen LogP contribution in [0, 0.1) is 13.8 Å². The van der Waals surface area contributed by atoms with Gasteiger partial charge in [0, 0.05) is 18.8 Å². The van der Waals surface area contributed by atoms with Crippen molar-refractivity contribution in [3.05, 3.63) is 41.6 Å². The maximum absolute atomic E-state index is 5.68. The topological polar surface area (TPSA) is 59.1 Å². The third kappa shape index (κ3) is 3.85. The van der Waals surface area contributed by atoms with Crippen molar-refractivity contribution >= 4 is 11.8 Å². The van der Waals surface area contributed by atoms with Crippen molar-refractivity contribution in [3.63, 3.8) is 0 Å². The van der Waals surface area contributed by atoms with Crippen molar-refractivity contribution < 1.29 is 4.74 Å². The number of benzene rings is 1. The molecule has 2 aromatic rings. The molecule has 5 nitrogen and oxygen atoms in total. The van der Waals surface area contributed by atoms with Crippen LogP contribution in [0.5, 0.6) is 5.75 Å². The van der Waals surface area contributed by atoms with Crippen LogP contribution in [-0.4, -0.2) is 30.2 Å². The van der Waals surface area contributed by atoms with Crippen LogP contribution in [0.3, 0.4) is 0 Å². The molecule has 0 atom stereocenters. The predicted molar refractivity (Wildman–Crippen MR) is 81.5 cm³/mol. The zero-order valence-electron chi connectivity index (χ0n) is 12.1. The molecule has 0 saturated carbocycles. The molecule has 2 rings (SSSR count). The highest BCUT2D eigenvalue weighted by Crippen LogP contribution is 2.13. The van der Waals surface area contributed by atoms with Crippen molar-refractivity contribution in [3.8, 4) is 5.75 Å². The van der Waals surface area contributed by atoms with Crippen LogP contribution in [0.4, 0.5) is 11.8 Å². The Balaban J connectivity index is 1.84. The molecule has 0 aliphatic carbocycles. The molecule has 106 valence electrons. The van der Waals surface area contributed by atoms with Gasteiger partial charge in [-0.15, -0.1) is 0 Å². The Morgan fingerprint density at radius 2 is 2.10 bits per heavy atom. The quantitative estimate of drug-likeness (QED) is 0.792. The highest BCUT2D eigenvalue weighted by molar-refractivity contribution is 5.46. The molecule has 1 heterocycles. The van der Waals surface area contributed by atoms with Crippen molar-refractivity contribution in [2.24, 2.45) is 0 Å². The first-order valence-electron chi connectivity index (χ1n) is 6.64. The molecule has 1 aromatic carbocycles. The lowest BCUT2D eigenvalue weighted by Crippen LogP contribution is -2.14. The van der Waals surface area contributed by atoms with Gasteiger partial charge in [-0.2, -0.15) is 4.98 Å². The zero-order valence-corrected chi connectivity index (χ0v) is 12.1. The van der Waals surface area contributed by atoms with Gasteiger partial charge in [0.05, 0.1) is 6.54 Å². The lowest BCUT2D eigenvalue weighted by atomic mass is 10.2. The van der Waals surface area contributed by atoms with E-state index in [2.05, 4.69) is 33.6 Å². The maximum Gasteiger partial charge on any atom is 0.224 e. The maximum atomic E-state index is 5.68. The molecule has 0 saturated heterocycles. The first-order chi connectivity index (χ1) is 9.69. The standard InChI is InChI=1S/C15H20N4O/c1-11-5-4-6-13(9-11)20-8-7-17-14-12(2)10-18-15(16-3)19-14/h4-6,9-10H,7-8H2,1-3H3,(H2,16,17,18,19). The third-order valence-corrected chi connectivity index (χ3v) is 2.85. The number of ether oxygens (including phenoxy) is 1. The summed E-state index contributed by atoms with van der Waals surface area (Å²) in [7, 11) is 1.80. The first kappa shape index (κ1) is 14.1. The number of anilines is 2. The summed E-state index contributed by atoms with van der Waals surface area (Å²) in [5.74, 6) is 2.33. The number of hydrogen-bond acceptors (Lipinski definition) is 5. The van der Waals surface area contributed by atoms with Crippen LogP contribution in [-0.2, 0) is 0 Å². The summed E-state index contributed by atoms with van der Waals surface area (Å²) in [5.41, 5.74) is 2.21. The fourth-order valence-corrected chi connectivity index (χ4v) is 1.78. The summed E-state index contributed by atoms with van der Waals surface area (Å²) in [6, 6.07) is 8.03. The minimum absolute atomic E-state index is 0.585. The van der Waals surface area contributed by atoms with E-state index in [-0.39, 0.29) is 0 Å². The van der Waals surface area contributed by atoms with E-state index in [0.717, 1.165) is 17.1 Å². The molecule has 0 fully saturated rings. The molecular weight excluding hydrogens is 252 g/mol. The SMILES string of the molecule is CNc1ncc(C)c(NCCOc2cccc(C)c2)n1. The molecule has 0 radical (unpaired) electrons. The van der Waals surface area contributed by atoms with E-state index < -0.39 is 0 Å². The average molecular weight is 272 g/mol. The molecule has 1 aromatic heterocycles. The second-order valence-electron chi connectivity index (χ2n) is 4.57. The molecule has 0 aliphatic heterocycles. The van der Waals surface area contributed by atoms with Gasteiger partial charge < -0.3 is 15.4 Å². The number of rotatable bonds is 6. The zero-order chi connectivity index (χ0) is 14.4. The second-order valence-corrected chi connectivity index (χ2v) is 4.57. The number of aryl methyl sites for hydroxylation is 2. The Kier molecular flexibility index (Phi) is 4.76. The number of hydrogen-bond donors (Lipinski definition) is 2. The van der Waals surface area contributed by atoms with E-state index in [9.17, 15) is 0 Å². The molecule has 0 amide bonds. The summed E-state index contributed by atoms with van der Waals surface area (Å²) < 4.78 is 5.68. The second kappa shape index (κ2) is 6.75. The minimum atomic E-state index is 0.585. The van der Waals surface area contributed by atoms with E-state index >= 15 is 0 Å². The van der Waals surface area contributed by atoms with E-state index in [4.69, 9.17) is 4.74 Å². The van der Waals surface area contributed by atoms with Gasteiger partial charge in [-0.05, 0) is 31.5 Å². The minimum Gasteiger partial charge on any atom is -0.492 e. The van der Waals surface area contributed by atoms with Crippen LogP contribution in [0.15, 0.2) is 30.5 Å². The first-order valence-corrected chi connectivity index (χ1v) is 6.64. The average Bonchev–Trinajstić information content (AvgIpc) is 2.45. The number of aromatic nitrogens is 2. The predicted octanol–water partition coefficient (Wildman–Crippen LogP) is 2.63. The fourth-order valence-electron chi connectivity index (χ4n) is 1.78. The van der Waals surface area contributed by atoms with Gasteiger partial charge in [0.1, 0.15) is 18.2 Å². The Bertz CT molecular complexity index is 572. The highest BCUT2D eigenvalue weighted by atomic mass is 16.5. The highest BCUT2D eigenvalue weighted by Gasteiger charge is 2.02. The summed E-state index contributed by atoms with van der Waals surface area (Å²) >= 11 is 0. The molecule has 5 heteroatoms. The van der Waals surface area contributed by atoms with E-state index in [1.807, 2.05) is 25.1 Å². The normalized spacial score (nSPS) is 10.2. The molecule has 0 unspecified atom stereocenters. The molecule has 2 N–H and O–H groups in total. The monoisotopic (exact) mass is 272 g/mol. The van der Waals surface area contributed by atoms with E-state index in [0.29, 0.717) is 19.1 Å². The largest absolute Gasteiger partial charge is 0.492 e. The van der Waals surface area contributed by atoms with Crippen molar-refractivity contribution in [1.82, 2.24) is 9.97 Å². The summed E-state index contributed by atoms with van der Waals surface area (Å²) in [4.78, 5) is 8.51. The molecule has 0 aliphatic rings. The fraction of sp³-hybridized carbons (Fsp3) is 0.333. The van der Waals surface area contributed by atoms with Gasteiger partial charge in [-0.1, -0.05) is 12.1 Å². The molecular formula is C15H20N4O. The van der Waals surface area contributed by atoms with E-state index in [1.165, 1.54) is 5.56 Å². The van der Waals surface area contributed by atoms with Crippen molar-refractivity contribution in [1.29, 1.82) is 0 Å². The van der Waals surface area contributed by atoms with Crippen molar-refractivity contribution in [2.75, 3.05) is 30.8 Å². The smallest absolute Gasteiger partial charge is 0.224 e. The van der Waals surface area contributed by atoms with Crippen molar-refractivity contribution in [2.45, 2.75) is 13.8 Å². The van der Waals surface area contributed by atoms with Gasteiger partial charge in [0.25, 0.3) is 0 Å². The lowest BCUT2D eigenvalue weighted by molar-refractivity contribution is 0.332. The Morgan fingerprint density at radius 1 is 1.25 bits per heavy atom. The van der Waals surface area contributed by atoms with Crippen LogP contribution < -0.4 is 15.4 Å². The Morgan fingerprint density at radius 3 is 2.85 bits per heavy atom. The number of nitrogens with one attached hydrogen (secondary N) is 2. The van der Waals surface area contributed by atoms with Crippen LogP contribution in [0.1, 0.15) is 11.1 Å². The number of nitrogens with zero attached hydrogens (tertiary/aromatic N) is 2. The molecule has 0 spiro atoms. The van der Waals surface area contributed by atoms with Crippen LogP contribution >= 0.6 is 0 Å². The third-order valence-electron chi connectivity index (χ3n) is 2.85. The molecule has 20 heavy (non-hydrogen) atoms. The van der Waals surface area contributed by atoms with Gasteiger partial charge in [0.2, 0.25) is 5.95 Å². The summed E-state index contributed by atoms with van der Waals surface area (Å²) in [6.45, 7) is 5.30. The van der Waals surface area contributed by atoms with Gasteiger partial charge in [-0.3, -0.25) is 0 Å². The summed E-state index contributed by atoms with van der Waals surface area (Å²) in [5, 5.41) is 6.18. The van der Waals surface area contributed by atoms with Crippen LogP contribution in [0.25, 0.3) is 0 Å².